The standard InChI is InChI=1S/C13H16O8/c1-2-10(14)18-7-8-19-11(15)3-4-12(16)21-9-5-6-20-13(9)17/h2,9H,1,3-8H2. The van der Waals surface area contributed by atoms with Gasteiger partial charge in [-0.05, 0) is 0 Å². The molecule has 1 fully saturated rings. The van der Waals surface area contributed by atoms with Crippen LogP contribution in [0.15, 0.2) is 12.7 Å². The van der Waals surface area contributed by atoms with Gasteiger partial charge in [0.15, 0.2) is 0 Å². The van der Waals surface area contributed by atoms with E-state index in [1.54, 1.807) is 0 Å². The average molecular weight is 300 g/mol. The lowest BCUT2D eigenvalue weighted by Gasteiger charge is -2.08. The van der Waals surface area contributed by atoms with E-state index in [9.17, 15) is 19.2 Å². The van der Waals surface area contributed by atoms with Crippen LogP contribution in [-0.4, -0.2) is 49.8 Å². The zero-order valence-corrected chi connectivity index (χ0v) is 11.4. The summed E-state index contributed by atoms with van der Waals surface area (Å²) >= 11 is 0. The van der Waals surface area contributed by atoms with Crippen molar-refractivity contribution < 1.29 is 38.1 Å². The molecular formula is C13H16O8. The number of ether oxygens (including phenoxy) is 4. The fraction of sp³-hybridized carbons (Fsp3) is 0.538. The summed E-state index contributed by atoms with van der Waals surface area (Å²) < 4.78 is 18.8. The summed E-state index contributed by atoms with van der Waals surface area (Å²) in [7, 11) is 0. The Balaban J connectivity index is 2.09. The molecule has 0 radical (unpaired) electrons. The molecule has 116 valence electrons. The van der Waals surface area contributed by atoms with Crippen molar-refractivity contribution in [1.82, 2.24) is 0 Å². The van der Waals surface area contributed by atoms with Crippen molar-refractivity contribution >= 4 is 23.9 Å². The molecule has 1 unspecified atom stereocenters. The average Bonchev–Trinajstić information content (AvgIpc) is 2.86. The van der Waals surface area contributed by atoms with Crippen LogP contribution in [0, 0.1) is 0 Å². The zero-order valence-electron chi connectivity index (χ0n) is 11.4. The van der Waals surface area contributed by atoms with Crippen LogP contribution in [0.5, 0.6) is 0 Å². The van der Waals surface area contributed by atoms with Crippen LogP contribution in [0.1, 0.15) is 19.3 Å². The number of cyclic esters (lactones) is 1. The highest BCUT2D eigenvalue weighted by Gasteiger charge is 2.30. The van der Waals surface area contributed by atoms with Gasteiger partial charge in [-0.2, -0.15) is 0 Å². The molecule has 0 saturated carbocycles. The quantitative estimate of drug-likeness (QED) is 0.265. The van der Waals surface area contributed by atoms with Gasteiger partial charge in [0.05, 0.1) is 19.4 Å². The van der Waals surface area contributed by atoms with E-state index in [0.717, 1.165) is 6.08 Å². The molecule has 1 rings (SSSR count). The largest absolute Gasteiger partial charge is 0.463 e. The summed E-state index contributed by atoms with van der Waals surface area (Å²) in [5.74, 6) is -2.49. The maximum atomic E-state index is 11.4. The summed E-state index contributed by atoms with van der Waals surface area (Å²) in [4.78, 5) is 44.4. The van der Waals surface area contributed by atoms with E-state index in [0.29, 0.717) is 6.42 Å². The number of hydrogen-bond donors (Lipinski definition) is 0. The topological polar surface area (TPSA) is 105 Å². The monoisotopic (exact) mass is 300 g/mol. The van der Waals surface area contributed by atoms with Crippen molar-refractivity contribution in [3.05, 3.63) is 12.7 Å². The molecule has 21 heavy (non-hydrogen) atoms. The Hall–Kier alpha value is -2.38. The molecule has 8 heteroatoms. The van der Waals surface area contributed by atoms with Crippen LogP contribution >= 0.6 is 0 Å². The third-order valence-electron chi connectivity index (χ3n) is 2.45. The lowest BCUT2D eigenvalue weighted by atomic mass is 10.3. The number of rotatable bonds is 8. The predicted molar refractivity (Wildman–Crippen MR) is 66.8 cm³/mol. The van der Waals surface area contributed by atoms with E-state index in [1.165, 1.54) is 0 Å². The van der Waals surface area contributed by atoms with Gasteiger partial charge in [0.1, 0.15) is 13.2 Å². The second-order valence-electron chi connectivity index (χ2n) is 4.03. The van der Waals surface area contributed by atoms with Crippen LogP contribution in [0.2, 0.25) is 0 Å². The highest BCUT2D eigenvalue weighted by atomic mass is 16.6. The Kier molecular flexibility index (Phi) is 6.93. The Bertz CT molecular complexity index is 428. The molecule has 0 aromatic heterocycles. The Morgan fingerprint density at radius 1 is 1.19 bits per heavy atom. The Morgan fingerprint density at radius 3 is 2.48 bits per heavy atom. The number of esters is 4. The second-order valence-corrected chi connectivity index (χ2v) is 4.03. The van der Waals surface area contributed by atoms with Crippen molar-refractivity contribution in [2.24, 2.45) is 0 Å². The fourth-order valence-corrected chi connectivity index (χ4v) is 1.43. The molecule has 0 amide bonds. The molecule has 1 aliphatic rings. The molecule has 8 nitrogen and oxygen atoms in total. The van der Waals surface area contributed by atoms with Gasteiger partial charge in [-0.3, -0.25) is 9.59 Å². The van der Waals surface area contributed by atoms with Crippen molar-refractivity contribution in [2.75, 3.05) is 19.8 Å². The van der Waals surface area contributed by atoms with Gasteiger partial charge in [0.25, 0.3) is 0 Å². The van der Waals surface area contributed by atoms with Gasteiger partial charge < -0.3 is 18.9 Å². The minimum atomic E-state index is -0.883. The molecule has 1 saturated heterocycles. The van der Waals surface area contributed by atoms with Gasteiger partial charge >= 0.3 is 23.9 Å². The minimum Gasteiger partial charge on any atom is -0.463 e. The maximum absolute atomic E-state index is 11.4. The number of carbonyl (C=O) groups is 4. The Labute approximate surface area is 121 Å². The molecule has 0 bridgehead atoms. The molecule has 0 aliphatic carbocycles. The SMILES string of the molecule is C=CC(=O)OCCOC(=O)CCC(=O)OC1CCOC1=O. The molecule has 1 aliphatic heterocycles. The van der Waals surface area contributed by atoms with Crippen LogP contribution in [0.25, 0.3) is 0 Å². The van der Waals surface area contributed by atoms with Gasteiger partial charge in [0.2, 0.25) is 6.10 Å². The summed E-state index contributed by atoms with van der Waals surface area (Å²) in [6.45, 7) is 3.23. The van der Waals surface area contributed by atoms with Gasteiger partial charge in [-0.15, -0.1) is 0 Å². The van der Waals surface area contributed by atoms with E-state index in [2.05, 4.69) is 16.1 Å². The van der Waals surface area contributed by atoms with E-state index >= 15 is 0 Å². The first-order valence-electron chi connectivity index (χ1n) is 6.34. The van der Waals surface area contributed by atoms with E-state index < -0.39 is 30.0 Å². The molecule has 1 atom stereocenters. The Morgan fingerprint density at radius 2 is 1.86 bits per heavy atom. The van der Waals surface area contributed by atoms with Crippen LogP contribution in [0.3, 0.4) is 0 Å². The van der Waals surface area contributed by atoms with Crippen LogP contribution in [0.4, 0.5) is 0 Å². The van der Waals surface area contributed by atoms with Crippen molar-refractivity contribution in [2.45, 2.75) is 25.4 Å². The van der Waals surface area contributed by atoms with Gasteiger partial charge in [-0.1, -0.05) is 6.58 Å². The summed E-state index contributed by atoms with van der Waals surface area (Å²) in [6, 6.07) is 0. The molecule has 0 aromatic rings. The first kappa shape index (κ1) is 16.7. The molecular weight excluding hydrogens is 284 g/mol. The van der Waals surface area contributed by atoms with E-state index in [-0.39, 0.29) is 32.7 Å². The van der Waals surface area contributed by atoms with Crippen molar-refractivity contribution in [1.29, 1.82) is 0 Å². The summed E-state index contributed by atoms with van der Waals surface area (Å²) in [6.07, 6.45) is 0.0486. The fourth-order valence-electron chi connectivity index (χ4n) is 1.43. The van der Waals surface area contributed by atoms with Gasteiger partial charge in [0, 0.05) is 12.5 Å². The predicted octanol–water partition coefficient (Wildman–Crippen LogP) is -0.102. The second kappa shape index (κ2) is 8.72. The number of hydrogen-bond acceptors (Lipinski definition) is 8. The summed E-state index contributed by atoms with van der Waals surface area (Å²) in [5, 5.41) is 0. The third-order valence-corrected chi connectivity index (χ3v) is 2.45. The van der Waals surface area contributed by atoms with E-state index in [4.69, 9.17) is 9.47 Å². The first-order chi connectivity index (χ1) is 10.0. The lowest BCUT2D eigenvalue weighted by molar-refractivity contribution is -0.161. The van der Waals surface area contributed by atoms with E-state index in [1.807, 2.05) is 0 Å². The maximum Gasteiger partial charge on any atom is 0.347 e. The zero-order chi connectivity index (χ0) is 15.7. The minimum absolute atomic E-state index is 0.0883. The number of carbonyl (C=O) groups excluding carboxylic acids is 4. The third kappa shape index (κ3) is 6.55. The van der Waals surface area contributed by atoms with Crippen molar-refractivity contribution in [3.8, 4) is 0 Å². The normalized spacial score (nSPS) is 16.8. The smallest absolute Gasteiger partial charge is 0.347 e. The van der Waals surface area contributed by atoms with Gasteiger partial charge in [-0.25, -0.2) is 9.59 Å². The highest BCUT2D eigenvalue weighted by molar-refractivity contribution is 5.82. The highest BCUT2D eigenvalue weighted by Crippen LogP contribution is 2.11. The van der Waals surface area contributed by atoms with Crippen LogP contribution < -0.4 is 0 Å². The molecule has 0 N–H and O–H groups in total. The molecule has 0 spiro atoms. The molecule has 0 aromatic carbocycles. The van der Waals surface area contributed by atoms with Crippen molar-refractivity contribution in [3.63, 3.8) is 0 Å². The lowest BCUT2D eigenvalue weighted by Crippen LogP contribution is -2.23. The molecule has 1 heterocycles. The van der Waals surface area contributed by atoms with Crippen LogP contribution in [-0.2, 0) is 38.1 Å². The first-order valence-corrected chi connectivity index (χ1v) is 6.34. The summed E-state index contributed by atoms with van der Waals surface area (Å²) in [5.41, 5.74) is 0.